The van der Waals surface area contributed by atoms with Crippen LogP contribution in [0.25, 0.3) is 0 Å². The summed E-state index contributed by atoms with van der Waals surface area (Å²) in [7, 11) is 1.59. The summed E-state index contributed by atoms with van der Waals surface area (Å²) in [5, 5.41) is 0. The number of carbonyl (C=O) groups is 1. The summed E-state index contributed by atoms with van der Waals surface area (Å²) in [6.45, 7) is 2.72. The van der Waals surface area contributed by atoms with Crippen LogP contribution in [0.3, 0.4) is 0 Å². The van der Waals surface area contributed by atoms with Crippen LogP contribution in [0.5, 0.6) is 5.75 Å². The predicted octanol–water partition coefficient (Wildman–Crippen LogP) is 4.60. The van der Waals surface area contributed by atoms with Crippen molar-refractivity contribution in [3.8, 4) is 5.75 Å². The van der Waals surface area contributed by atoms with Crippen LogP contribution < -0.4 is 4.74 Å². The molecule has 0 saturated carbocycles. The summed E-state index contributed by atoms with van der Waals surface area (Å²) in [5.41, 5.74) is 0.548. The molecule has 0 heterocycles. The fourth-order valence-corrected chi connectivity index (χ4v) is 2.06. The minimum absolute atomic E-state index is 0.269. The molecule has 3 heteroatoms. The van der Waals surface area contributed by atoms with Gasteiger partial charge < -0.3 is 9.47 Å². The van der Waals surface area contributed by atoms with Gasteiger partial charge in [0.2, 0.25) is 0 Å². The van der Waals surface area contributed by atoms with E-state index < -0.39 is 0 Å². The van der Waals surface area contributed by atoms with Crippen LogP contribution >= 0.6 is 0 Å². The van der Waals surface area contributed by atoms with Gasteiger partial charge in [-0.2, -0.15) is 0 Å². The van der Waals surface area contributed by atoms with E-state index in [1.54, 1.807) is 25.3 Å². The second-order valence-corrected chi connectivity index (χ2v) is 4.99. The summed E-state index contributed by atoms with van der Waals surface area (Å²) in [6, 6.07) is 7.05. The fraction of sp³-hybridized carbons (Fsp3) is 0.588. The summed E-state index contributed by atoms with van der Waals surface area (Å²) >= 11 is 0. The average Bonchev–Trinajstić information content (AvgIpc) is 2.49. The van der Waals surface area contributed by atoms with Crippen LogP contribution in [0.2, 0.25) is 0 Å². The van der Waals surface area contributed by atoms with Crippen LogP contribution in [-0.2, 0) is 4.74 Å². The standard InChI is InChI=1S/C17H26O3/c1-3-4-5-6-7-8-9-13-20-17(18)15-11-10-12-16(14-15)19-2/h10-12,14H,3-9,13H2,1-2H3. The number of esters is 1. The smallest absolute Gasteiger partial charge is 0.338 e. The van der Waals surface area contributed by atoms with Gasteiger partial charge in [-0.3, -0.25) is 0 Å². The van der Waals surface area contributed by atoms with E-state index in [2.05, 4.69) is 6.92 Å². The molecule has 0 unspecified atom stereocenters. The number of carbonyl (C=O) groups excluding carboxylic acids is 1. The Bertz CT molecular complexity index is 388. The largest absolute Gasteiger partial charge is 0.497 e. The monoisotopic (exact) mass is 278 g/mol. The number of unbranched alkanes of at least 4 members (excludes halogenated alkanes) is 6. The first-order chi connectivity index (χ1) is 9.77. The molecule has 0 aliphatic rings. The Kier molecular flexibility index (Phi) is 8.52. The summed E-state index contributed by atoms with van der Waals surface area (Å²) in [4.78, 5) is 11.8. The Labute approximate surface area is 122 Å². The number of hydrogen-bond donors (Lipinski definition) is 0. The fourth-order valence-electron chi connectivity index (χ4n) is 2.06. The van der Waals surface area contributed by atoms with Gasteiger partial charge in [0, 0.05) is 0 Å². The molecule has 0 N–H and O–H groups in total. The third kappa shape index (κ3) is 6.60. The second-order valence-electron chi connectivity index (χ2n) is 4.99. The molecule has 1 aromatic rings. The van der Waals surface area contributed by atoms with Crippen LogP contribution in [0, 0.1) is 0 Å². The Morgan fingerprint density at radius 2 is 1.75 bits per heavy atom. The third-order valence-electron chi connectivity index (χ3n) is 3.29. The Morgan fingerprint density at radius 1 is 1.05 bits per heavy atom. The molecular formula is C17H26O3. The highest BCUT2D eigenvalue weighted by atomic mass is 16.5. The van der Waals surface area contributed by atoms with Gasteiger partial charge in [0.25, 0.3) is 0 Å². The molecule has 0 spiro atoms. The van der Waals surface area contributed by atoms with Crippen LogP contribution in [-0.4, -0.2) is 19.7 Å². The maximum atomic E-state index is 11.8. The van der Waals surface area contributed by atoms with Crippen molar-refractivity contribution in [1.82, 2.24) is 0 Å². The van der Waals surface area contributed by atoms with Crippen molar-refractivity contribution < 1.29 is 14.3 Å². The maximum absolute atomic E-state index is 11.8. The SMILES string of the molecule is CCCCCCCCCOC(=O)c1cccc(OC)c1. The van der Waals surface area contributed by atoms with Gasteiger partial charge in [0.15, 0.2) is 0 Å². The molecule has 0 saturated heterocycles. The summed E-state index contributed by atoms with van der Waals surface area (Å²) < 4.78 is 10.3. The van der Waals surface area contributed by atoms with E-state index >= 15 is 0 Å². The summed E-state index contributed by atoms with van der Waals surface area (Å²) in [6.07, 6.45) is 8.52. The summed E-state index contributed by atoms with van der Waals surface area (Å²) in [5.74, 6) is 0.408. The van der Waals surface area contributed by atoms with Gasteiger partial charge in [0.05, 0.1) is 19.3 Å². The van der Waals surface area contributed by atoms with Gasteiger partial charge in [-0.05, 0) is 24.6 Å². The number of hydrogen-bond acceptors (Lipinski definition) is 3. The van der Waals surface area contributed by atoms with E-state index in [0.717, 1.165) is 12.8 Å². The molecule has 0 amide bonds. The van der Waals surface area contributed by atoms with Crippen molar-refractivity contribution in [2.24, 2.45) is 0 Å². The predicted molar refractivity (Wildman–Crippen MR) is 81.3 cm³/mol. The molecule has 0 bridgehead atoms. The minimum atomic E-state index is -0.269. The van der Waals surface area contributed by atoms with Crippen molar-refractivity contribution >= 4 is 5.97 Å². The average molecular weight is 278 g/mol. The van der Waals surface area contributed by atoms with E-state index in [9.17, 15) is 4.79 Å². The van der Waals surface area contributed by atoms with E-state index in [-0.39, 0.29) is 5.97 Å². The van der Waals surface area contributed by atoms with E-state index in [1.165, 1.54) is 32.1 Å². The Balaban J connectivity index is 2.13. The Morgan fingerprint density at radius 3 is 2.45 bits per heavy atom. The van der Waals surface area contributed by atoms with Crippen molar-refractivity contribution in [2.75, 3.05) is 13.7 Å². The van der Waals surface area contributed by atoms with Gasteiger partial charge >= 0.3 is 5.97 Å². The van der Waals surface area contributed by atoms with Crippen molar-refractivity contribution in [3.63, 3.8) is 0 Å². The molecule has 1 rings (SSSR count). The number of ether oxygens (including phenoxy) is 2. The second kappa shape index (κ2) is 10.3. The van der Waals surface area contributed by atoms with Gasteiger partial charge in [0.1, 0.15) is 5.75 Å². The molecule has 0 radical (unpaired) electrons. The molecule has 1 aromatic carbocycles. The van der Waals surface area contributed by atoms with E-state index in [4.69, 9.17) is 9.47 Å². The highest BCUT2D eigenvalue weighted by Crippen LogP contribution is 2.13. The van der Waals surface area contributed by atoms with Crippen LogP contribution in [0.1, 0.15) is 62.2 Å². The molecule has 0 atom stereocenters. The molecule has 112 valence electrons. The number of methoxy groups -OCH3 is 1. The van der Waals surface area contributed by atoms with Crippen molar-refractivity contribution in [1.29, 1.82) is 0 Å². The van der Waals surface area contributed by atoms with Crippen LogP contribution in [0.15, 0.2) is 24.3 Å². The lowest BCUT2D eigenvalue weighted by atomic mass is 10.1. The normalized spacial score (nSPS) is 10.3. The van der Waals surface area contributed by atoms with Crippen molar-refractivity contribution in [2.45, 2.75) is 51.9 Å². The van der Waals surface area contributed by atoms with E-state index in [0.29, 0.717) is 17.9 Å². The highest BCUT2D eigenvalue weighted by molar-refractivity contribution is 5.89. The van der Waals surface area contributed by atoms with Crippen molar-refractivity contribution in [3.05, 3.63) is 29.8 Å². The number of benzene rings is 1. The quantitative estimate of drug-likeness (QED) is 0.463. The molecule has 3 nitrogen and oxygen atoms in total. The minimum Gasteiger partial charge on any atom is -0.497 e. The molecule has 20 heavy (non-hydrogen) atoms. The first-order valence-electron chi connectivity index (χ1n) is 7.59. The molecule has 0 aliphatic heterocycles. The van der Waals surface area contributed by atoms with Gasteiger partial charge in [-0.25, -0.2) is 4.79 Å². The zero-order chi connectivity index (χ0) is 14.6. The lowest BCUT2D eigenvalue weighted by Gasteiger charge is -2.06. The third-order valence-corrected chi connectivity index (χ3v) is 3.29. The lowest BCUT2D eigenvalue weighted by Crippen LogP contribution is -2.06. The Hall–Kier alpha value is -1.51. The first kappa shape index (κ1) is 16.5. The number of rotatable bonds is 10. The molecule has 0 aromatic heterocycles. The highest BCUT2D eigenvalue weighted by Gasteiger charge is 2.07. The molecular weight excluding hydrogens is 252 g/mol. The van der Waals surface area contributed by atoms with Gasteiger partial charge in [-0.15, -0.1) is 0 Å². The lowest BCUT2D eigenvalue weighted by molar-refractivity contribution is 0.0497. The maximum Gasteiger partial charge on any atom is 0.338 e. The molecule has 0 fully saturated rings. The topological polar surface area (TPSA) is 35.5 Å². The van der Waals surface area contributed by atoms with Gasteiger partial charge in [-0.1, -0.05) is 51.5 Å². The molecule has 0 aliphatic carbocycles. The zero-order valence-electron chi connectivity index (χ0n) is 12.7. The zero-order valence-corrected chi connectivity index (χ0v) is 12.7. The first-order valence-corrected chi connectivity index (χ1v) is 7.59. The van der Waals surface area contributed by atoms with Crippen LogP contribution in [0.4, 0.5) is 0 Å². The van der Waals surface area contributed by atoms with E-state index in [1.807, 2.05) is 6.07 Å².